The number of hydrogen-bond acceptors (Lipinski definition) is 11. The number of aryl methyl sites for hydroxylation is 1. The molecule has 10 nitrogen and oxygen atoms in total. The van der Waals surface area contributed by atoms with Gasteiger partial charge in [0.2, 0.25) is 0 Å². The van der Waals surface area contributed by atoms with E-state index in [4.69, 9.17) is 18.9 Å². The van der Waals surface area contributed by atoms with Crippen LogP contribution in [0.3, 0.4) is 0 Å². The Morgan fingerprint density at radius 2 is 1.14 bits per heavy atom. The standard InChI is InChI=1S/C46H46N2O8S3/c1-3-5-10-26(4-2)25-47-43(49)29-16-18-31-35-32(19-17-30(34(29)35)44(47)50)46(52)48(45(31)51)28-14-12-27(13-15-28)40-38-39(56-23-22-55-38)42(59-40)41-37-36(53-20-21-54-37)33(58-41)11-8-6-7-9-24-57/h12-19,26,57H,3-11,20-25H2,1-2H3. The SMILES string of the molecule is CCCCC(CC)CN1C(=O)c2ccc3c4c(ccc(c24)C1=O)C(=O)N(c1ccc(-c2sc(-c4sc(CCCCCCS)c5c4OCCO5)c4c2OCCO4)cc1)C3=O. The van der Waals surface area contributed by atoms with Crippen LogP contribution in [0, 0.1) is 5.92 Å². The van der Waals surface area contributed by atoms with Gasteiger partial charge in [-0.2, -0.15) is 12.6 Å². The molecule has 0 N–H and O–H groups in total. The minimum atomic E-state index is -0.512. The summed E-state index contributed by atoms with van der Waals surface area (Å²) in [6.45, 7) is 6.37. The van der Waals surface area contributed by atoms with E-state index in [1.807, 2.05) is 12.1 Å². The van der Waals surface area contributed by atoms with Crippen LogP contribution in [0.1, 0.15) is 112 Å². The molecule has 1 atom stereocenters. The van der Waals surface area contributed by atoms with E-state index in [1.165, 1.54) is 14.7 Å². The fourth-order valence-electron chi connectivity index (χ4n) is 8.63. The smallest absolute Gasteiger partial charge is 0.265 e. The van der Waals surface area contributed by atoms with E-state index in [-0.39, 0.29) is 28.9 Å². The van der Waals surface area contributed by atoms with Crippen molar-refractivity contribution in [3.63, 3.8) is 0 Å². The molecule has 0 aliphatic carbocycles. The molecule has 0 spiro atoms. The number of benzene rings is 3. The molecule has 3 aromatic carbocycles. The third-order valence-electron chi connectivity index (χ3n) is 11.7. The average Bonchev–Trinajstić information content (AvgIpc) is 3.83. The van der Waals surface area contributed by atoms with Crippen molar-refractivity contribution in [1.29, 1.82) is 0 Å². The van der Waals surface area contributed by atoms with E-state index in [2.05, 4.69) is 26.5 Å². The fraction of sp³-hybridized carbons (Fsp3) is 0.391. The topological polar surface area (TPSA) is 112 Å². The number of hydrogen-bond donors (Lipinski definition) is 1. The van der Waals surface area contributed by atoms with Crippen LogP contribution in [-0.4, -0.2) is 67.3 Å². The Morgan fingerprint density at radius 3 is 1.71 bits per heavy atom. The lowest BCUT2D eigenvalue weighted by molar-refractivity contribution is 0.0578. The summed E-state index contributed by atoms with van der Waals surface area (Å²) in [7, 11) is 0. The minimum absolute atomic E-state index is 0.200. The lowest BCUT2D eigenvalue weighted by atomic mass is 9.85. The highest BCUT2D eigenvalue weighted by Gasteiger charge is 2.41. The molecule has 59 heavy (non-hydrogen) atoms. The summed E-state index contributed by atoms with van der Waals surface area (Å²) in [6.07, 6.45) is 9.22. The Balaban J connectivity index is 1.01. The maximum Gasteiger partial charge on any atom is 0.265 e. The summed E-state index contributed by atoms with van der Waals surface area (Å²) in [5, 5.41) is 0.740. The highest BCUT2D eigenvalue weighted by Crippen LogP contribution is 2.60. The van der Waals surface area contributed by atoms with Crippen LogP contribution in [0.5, 0.6) is 23.0 Å². The van der Waals surface area contributed by atoms with Crippen molar-refractivity contribution in [2.24, 2.45) is 5.92 Å². The third-order valence-corrected chi connectivity index (χ3v) is 14.6. The summed E-state index contributed by atoms with van der Waals surface area (Å²) in [6, 6.07) is 13.8. The van der Waals surface area contributed by atoms with Gasteiger partial charge in [0.25, 0.3) is 23.6 Å². The van der Waals surface area contributed by atoms with Crippen LogP contribution in [0.2, 0.25) is 0 Å². The van der Waals surface area contributed by atoms with Crippen molar-refractivity contribution in [3.05, 3.63) is 75.7 Å². The number of ether oxygens (including phenoxy) is 4. The zero-order valence-electron chi connectivity index (χ0n) is 33.2. The van der Waals surface area contributed by atoms with E-state index in [9.17, 15) is 19.2 Å². The summed E-state index contributed by atoms with van der Waals surface area (Å²) < 4.78 is 24.9. The van der Waals surface area contributed by atoms with E-state index in [1.54, 1.807) is 59.1 Å². The quantitative estimate of drug-likeness (QED) is 0.0630. The molecule has 5 aromatic rings. The molecular weight excluding hydrogens is 805 g/mol. The molecule has 0 radical (unpaired) electrons. The molecule has 0 saturated heterocycles. The predicted octanol–water partition coefficient (Wildman–Crippen LogP) is 10.5. The molecule has 2 aromatic heterocycles. The minimum Gasteiger partial charge on any atom is -0.485 e. The molecule has 4 aliphatic rings. The van der Waals surface area contributed by atoms with E-state index < -0.39 is 11.8 Å². The number of nitrogens with zero attached hydrogens (tertiary/aromatic N) is 2. The van der Waals surface area contributed by atoms with Crippen molar-refractivity contribution in [2.75, 3.05) is 43.6 Å². The van der Waals surface area contributed by atoms with Gasteiger partial charge in [-0.3, -0.25) is 24.1 Å². The fourth-order valence-corrected chi connectivity index (χ4v) is 11.4. The molecule has 4 amide bonds. The van der Waals surface area contributed by atoms with E-state index in [0.29, 0.717) is 72.1 Å². The predicted molar refractivity (Wildman–Crippen MR) is 235 cm³/mol. The first kappa shape index (κ1) is 39.6. The lowest BCUT2D eigenvalue weighted by Crippen LogP contribution is -2.44. The summed E-state index contributed by atoms with van der Waals surface area (Å²) >= 11 is 7.60. The molecule has 13 heteroatoms. The second-order valence-corrected chi connectivity index (χ2v) is 18.0. The van der Waals surface area contributed by atoms with Gasteiger partial charge in [0.05, 0.1) is 25.2 Å². The third kappa shape index (κ3) is 6.88. The van der Waals surface area contributed by atoms with Crippen molar-refractivity contribution in [1.82, 2.24) is 4.90 Å². The summed E-state index contributed by atoms with van der Waals surface area (Å²) in [5.74, 6) is 2.23. The van der Waals surface area contributed by atoms with Gasteiger partial charge in [-0.15, -0.1) is 22.7 Å². The van der Waals surface area contributed by atoms with Crippen LogP contribution in [-0.2, 0) is 6.42 Å². The Kier molecular flexibility index (Phi) is 11.2. The molecule has 9 rings (SSSR count). The second kappa shape index (κ2) is 16.7. The number of imide groups is 2. The van der Waals surface area contributed by atoms with Gasteiger partial charge < -0.3 is 18.9 Å². The first-order valence-electron chi connectivity index (χ1n) is 20.7. The van der Waals surface area contributed by atoms with Crippen LogP contribution in [0.25, 0.3) is 31.0 Å². The molecule has 0 saturated carbocycles. The van der Waals surface area contributed by atoms with Gasteiger partial charge in [-0.1, -0.05) is 58.1 Å². The molecule has 6 heterocycles. The molecule has 0 bridgehead atoms. The lowest BCUT2D eigenvalue weighted by Gasteiger charge is -2.33. The van der Waals surface area contributed by atoms with Gasteiger partial charge in [0.15, 0.2) is 23.0 Å². The number of anilines is 1. The number of rotatable bonds is 15. The zero-order valence-corrected chi connectivity index (χ0v) is 35.8. The molecule has 1 unspecified atom stereocenters. The van der Waals surface area contributed by atoms with Gasteiger partial charge >= 0.3 is 0 Å². The zero-order chi connectivity index (χ0) is 40.8. The first-order valence-corrected chi connectivity index (χ1v) is 23.0. The highest BCUT2D eigenvalue weighted by atomic mass is 32.1. The van der Waals surface area contributed by atoms with Crippen LogP contribution in [0.4, 0.5) is 5.69 Å². The van der Waals surface area contributed by atoms with Gasteiger partial charge in [-0.05, 0) is 79.3 Å². The van der Waals surface area contributed by atoms with Crippen LogP contribution >= 0.6 is 35.3 Å². The number of thiophene rings is 2. The van der Waals surface area contributed by atoms with Crippen molar-refractivity contribution < 1.29 is 38.1 Å². The van der Waals surface area contributed by atoms with Crippen molar-refractivity contribution in [3.8, 4) is 43.2 Å². The number of carbonyl (C=O) groups is 4. The monoisotopic (exact) mass is 850 g/mol. The van der Waals surface area contributed by atoms with E-state index in [0.717, 1.165) is 95.2 Å². The Hall–Kier alpha value is -4.85. The van der Waals surface area contributed by atoms with Gasteiger partial charge in [-0.25, -0.2) is 4.90 Å². The largest absolute Gasteiger partial charge is 0.485 e. The van der Waals surface area contributed by atoms with Gasteiger partial charge in [0.1, 0.15) is 26.4 Å². The van der Waals surface area contributed by atoms with Crippen LogP contribution < -0.4 is 23.8 Å². The molecule has 306 valence electrons. The van der Waals surface area contributed by atoms with Crippen molar-refractivity contribution >= 4 is 75.4 Å². The number of unbranched alkanes of at least 4 members (excludes halogenated alkanes) is 4. The Labute approximate surface area is 356 Å². The number of carbonyl (C=O) groups excluding carboxylic acids is 4. The normalized spacial score (nSPS) is 16.1. The first-order chi connectivity index (χ1) is 28.8. The maximum absolute atomic E-state index is 14.3. The molecule has 4 aliphatic heterocycles. The van der Waals surface area contributed by atoms with E-state index >= 15 is 0 Å². The number of fused-ring (bicyclic) bond motifs is 2. The molecular formula is C46H46N2O8S3. The van der Waals surface area contributed by atoms with Gasteiger partial charge in [0, 0.05) is 39.6 Å². The Bertz CT molecular complexity index is 2420. The summed E-state index contributed by atoms with van der Waals surface area (Å²) in [4.78, 5) is 62.7. The maximum atomic E-state index is 14.3. The highest BCUT2D eigenvalue weighted by molar-refractivity contribution is 7.80. The molecule has 0 fully saturated rings. The summed E-state index contributed by atoms with van der Waals surface area (Å²) in [5.41, 5.74) is 2.48. The number of thiol groups is 1. The number of amides is 4. The van der Waals surface area contributed by atoms with Crippen LogP contribution in [0.15, 0.2) is 48.5 Å². The Morgan fingerprint density at radius 1 is 0.610 bits per heavy atom. The average molecular weight is 851 g/mol. The second-order valence-electron chi connectivity index (χ2n) is 15.4. The van der Waals surface area contributed by atoms with Crippen molar-refractivity contribution in [2.45, 2.75) is 71.6 Å².